The molecule has 1 aliphatic rings. The number of rotatable bonds is 7. The summed E-state index contributed by atoms with van der Waals surface area (Å²) in [6.07, 6.45) is 0. The van der Waals surface area contributed by atoms with Gasteiger partial charge in [-0.15, -0.1) is 10.2 Å². The molecule has 0 unspecified atom stereocenters. The summed E-state index contributed by atoms with van der Waals surface area (Å²) in [4.78, 5) is 32.6. The van der Waals surface area contributed by atoms with Crippen molar-refractivity contribution in [3.05, 3.63) is 112 Å². The zero-order chi connectivity index (χ0) is 28.1. The Kier molecular flexibility index (Phi) is 8.63. The second kappa shape index (κ2) is 12.5. The van der Waals surface area contributed by atoms with Gasteiger partial charge in [0.15, 0.2) is 5.82 Å². The predicted molar refractivity (Wildman–Crippen MR) is 159 cm³/mol. The van der Waals surface area contributed by atoms with Gasteiger partial charge in [0, 0.05) is 42.3 Å². The van der Waals surface area contributed by atoms with Gasteiger partial charge in [-0.3, -0.25) is 9.59 Å². The van der Waals surface area contributed by atoms with Crippen LogP contribution in [0.3, 0.4) is 0 Å². The largest absolute Gasteiger partial charge is 0.352 e. The fourth-order valence-electron chi connectivity index (χ4n) is 4.79. The Morgan fingerprint density at radius 1 is 0.825 bits per heavy atom. The van der Waals surface area contributed by atoms with Crippen LogP contribution in [0.2, 0.25) is 10.0 Å². The highest BCUT2D eigenvalue weighted by Crippen LogP contribution is 2.27. The Bertz CT molecular complexity index is 1460. The lowest BCUT2D eigenvalue weighted by Gasteiger charge is -2.37. The van der Waals surface area contributed by atoms with Crippen molar-refractivity contribution in [2.24, 2.45) is 0 Å². The van der Waals surface area contributed by atoms with Gasteiger partial charge in [-0.05, 0) is 55.0 Å². The molecule has 1 aromatic heterocycles. The number of hydrogen-bond donors (Lipinski definition) is 0. The first-order valence-corrected chi connectivity index (χ1v) is 13.9. The van der Waals surface area contributed by atoms with Gasteiger partial charge in [-0.2, -0.15) is 0 Å². The third kappa shape index (κ3) is 6.27. The molecule has 3 aromatic carbocycles. The zero-order valence-corrected chi connectivity index (χ0v) is 23.6. The monoisotopic (exact) mass is 573 g/mol. The number of anilines is 1. The number of hydrogen-bond acceptors (Lipinski definition) is 5. The van der Waals surface area contributed by atoms with Crippen molar-refractivity contribution in [2.75, 3.05) is 37.6 Å². The van der Waals surface area contributed by atoms with Crippen LogP contribution in [0.4, 0.5) is 5.82 Å². The van der Waals surface area contributed by atoms with Crippen molar-refractivity contribution in [3.63, 3.8) is 0 Å². The van der Waals surface area contributed by atoms with E-state index in [1.165, 1.54) is 0 Å². The van der Waals surface area contributed by atoms with Gasteiger partial charge in [0.25, 0.3) is 5.91 Å². The van der Waals surface area contributed by atoms with Crippen LogP contribution in [0, 0.1) is 0 Å². The van der Waals surface area contributed by atoms with Gasteiger partial charge in [0.1, 0.15) is 6.54 Å². The molecule has 2 amide bonds. The van der Waals surface area contributed by atoms with Crippen LogP contribution in [0.15, 0.2) is 91.0 Å². The van der Waals surface area contributed by atoms with E-state index < -0.39 is 0 Å². The summed E-state index contributed by atoms with van der Waals surface area (Å²) in [5.74, 6) is 0.443. The van der Waals surface area contributed by atoms with Gasteiger partial charge in [0.2, 0.25) is 5.91 Å². The molecular formula is C31H29Cl2N5O2. The van der Waals surface area contributed by atoms with E-state index in [0.29, 0.717) is 47.5 Å². The van der Waals surface area contributed by atoms with Crippen LogP contribution < -0.4 is 4.90 Å². The highest BCUT2D eigenvalue weighted by molar-refractivity contribution is 6.33. The molecule has 1 saturated heterocycles. The molecule has 1 fully saturated rings. The molecule has 0 spiro atoms. The molecule has 204 valence electrons. The minimum absolute atomic E-state index is 0.0240. The standard InChI is InChI=1S/C31H29Cl2N5O2/c1-22(23-7-3-2-4-8-23)38(31(40)24-11-13-25(32)14-12-24)21-30(39)37-19-17-36(18-20-37)29-16-15-28(34-35-29)26-9-5-6-10-27(26)33/h2-16,22H,17-21H2,1H3/t22-/m0/s1. The molecule has 0 bridgehead atoms. The highest BCUT2D eigenvalue weighted by Gasteiger charge is 2.29. The quantitative estimate of drug-likeness (QED) is 0.271. The summed E-state index contributed by atoms with van der Waals surface area (Å²) >= 11 is 12.3. The van der Waals surface area contributed by atoms with Gasteiger partial charge >= 0.3 is 0 Å². The van der Waals surface area contributed by atoms with Crippen molar-refractivity contribution < 1.29 is 9.59 Å². The first-order valence-electron chi connectivity index (χ1n) is 13.1. The molecule has 9 heteroatoms. The van der Waals surface area contributed by atoms with E-state index in [1.807, 2.05) is 78.6 Å². The van der Waals surface area contributed by atoms with E-state index in [1.54, 1.807) is 29.2 Å². The molecule has 4 aromatic rings. The number of piperazine rings is 1. The maximum absolute atomic E-state index is 13.6. The van der Waals surface area contributed by atoms with Crippen LogP contribution in [-0.2, 0) is 4.79 Å². The normalized spacial score (nSPS) is 14.1. The van der Waals surface area contributed by atoms with Gasteiger partial charge in [0.05, 0.1) is 16.8 Å². The second-order valence-corrected chi connectivity index (χ2v) is 10.5. The van der Waals surface area contributed by atoms with Gasteiger partial charge < -0.3 is 14.7 Å². The number of nitrogens with zero attached hydrogens (tertiary/aromatic N) is 5. The summed E-state index contributed by atoms with van der Waals surface area (Å²) in [7, 11) is 0. The number of aromatic nitrogens is 2. The van der Waals surface area contributed by atoms with E-state index >= 15 is 0 Å². The highest BCUT2D eigenvalue weighted by atomic mass is 35.5. The average Bonchev–Trinajstić information content (AvgIpc) is 3.00. The van der Waals surface area contributed by atoms with E-state index in [0.717, 1.165) is 16.9 Å². The minimum atomic E-state index is -0.290. The maximum Gasteiger partial charge on any atom is 0.254 e. The van der Waals surface area contributed by atoms with Crippen molar-refractivity contribution in [3.8, 4) is 11.3 Å². The second-order valence-electron chi connectivity index (χ2n) is 9.65. The SMILES string of the molecule is C[C@@H](c1ccccc1)N(CC(=O)N1CCN(c2ccc(-c3ccccc3Cl)nn2)CC1)C(=O)c1ccc(Cl)cc1. The molecule has 0 saturated carbocycles. The molecule has 1 atom stereocenters. The summed E-state index contributed by atoms with van der Waals surface area (Å²) in [6.45, 7) is 4.20. The van der Waals surface area contributed by atoms with E-state index in [9.17, 15) is 9.59 Å². The summed E-state index contributed by atoms with van der Waals surface area (Å²) in [5, 5.41) is 9.96. The first-order chi connectivity index (χ1) is 19.4. The van der Waals surface area contributed by atoms with Crippen LogP contribution >= 0.6 is 23.2 Å². The molecule has 2 heterocycles. The van der Waals surface area contributed by atoms with Crippen LogP contribution in [0.25, 0.3) is 11.3 Å². The Labute approximate surface area is 243 Å². The Morgan fingerprint density at radius 3 is 2.15 bits per heavy atom. The van der Waals surface area contributed by atoms with E-state index in [-0.39, 0.29) is 24.4 Å². The molecule has 0 N–H and O–H groups in total. The molecule has 7 nitrogen and oxygen atoms in total. The van der Waals surface area contributed by atoms with Gasteiger partial charge in [-0.1, -0.05) is 71.7 Å². The number of halogens is 2. The predicted octanol–water partition coefficient (Wildman–Crippen LogP) is 6.00. The van der Waals surface area contributed by atoms with Crippen molar-refractivity contribution in [1.29, 1.82) is 0 Å². The van der Waals surface area contributed by atoms with Gasteiger partial charge in [-0.25, -0.2) is 0 Å². The number of benzene rings is 3. The fraction of sp³-hybridized carbons (Fsp3) is 0.226. The molecule has 0 aliphatic carbocycles. The Morgan fingerprint density at radius 2 is 1.50 bits per heavy atom. The van der Waals surface area contributed by atoms with Crippen LogP contribution in [-0.4, -0.2) is 64.5 Å². The lowest BCUT2D eigenvalue weighted by molar-refractivity contribution is -0.132. The maximum atomic E-state index is 13.6. The van der Waals surface area contributed by atoms with Crippen molar-refractivity contribution >= 4 is 40.8 Å². The number of amides is 2. The van der Waals surface area contributed by atoms with E-state index in [2.05, 4.69) is 15.1 Å². The van der Waals surface area contributed by atoms with Crippen LogP contribution in [0.1, 0.15) is 28.9 Å². The smallest absolute Gasteiger partial charge is 0.254 e. The number of carbonyl (C=O) groups is 2. The third-order valence-corrected chi connectivity index (χ3v) is 7.75. The fourth-order valence-corrected chi connectivity index (χ4v) is 5.15. The Balaban J connectivity index is 1.25. The first kappa shape index (κ1) is 27.6. The topological polar surface area (TPSA) is 69.6 Å². The molecule has 1 aliphatic heterocycles. The van der Waals surface area contributed by atoms with E-state index in [4.69, 9.17) is 23.2 Å². The third-order valence-electron chi connectivity index (χ3n) is 7.16. The lowest BCUT2D eigenvalue weighted by atomic mass is 10.1. The van der Waals surface area contributed by atoms with Crippen molar-refractivity contribution in [1.82, 2.24) is 20.0 Å². The zero-order valence-electron chi connectivity index (χ0n) is 22.1. The van der Waals surface area contributed by atoms with Crippen LogP contribution in [0.5, 0.6) is 0 Å². The molecular weight excluding hydrogens is 545 g/mol. The minimum Gasteiger partial charge on any atom is -0.352 e. The Hall–Kier alpha value is -3.94. The molecule has 40 heavy (non-hydrogen) atoms. The summed E-state index contributed by atoms with van der Waals surface area (Å²) in [6, 6.07) is 27.6. The summed E-state index contributed by atoms with van der Waals surface area (Å²) in [5.41, 5.74) is 2.99. The van der Waals surface area contributed by atoms with Crippen molar-refractivity contribution in [2.45, 2.75) is 13.0 Å². The summed E-state index contributed by atoms with van der Waals surface area (Å²) < 4.78 is 0. The average molecular weight is 575 g/mol. The lowest BCUT2D eigenvalue weighted by Crippen LogP contribution is -2.52. The molecule has 5 rings (SSSR count). The molecule has 0 radical (unpaired) electrons. The number of carbonyl (C=O) groups excluding carboxylic acids is 2.